The number of carbonyl (C=O) groups is 1. The number of allylic oxidation sites excluding steroid dienone is 1. The van der Waals surface area contributed by atoms with Gasteiger partial charge in [0.05, 0.1) is 47.0 Å². The van der Waals surface area contributed by atoms with Gasteiger partial charge in [-0.2, -0.15) is 14.3 Å². The third kappa shape index (κ3) is 4.44. The molecule has 1 aliphatic carbocycles. The van der Waals surface area contributed by atoms with Crippen LogP contribution in [0.4, 0.5) is 5.82 Å². The number of Topliss-reactive ketones (excluding diaryl/α,β-unsaturated/α-hetero) is 1. The van der Waals surface area contributed by atoms with Crippen LogP contribution in [0.15, 0.2) is 53.8 Å². The molecular formula is C21H18N8O3S. The van der Waals surface area contributed by atoms with E-state index in [-0.39, 0.29) is 17.5 Å². The Morgan fingerprint density at radius 1 is 1.15 bits per heavy atom. The third-order valence-electron chi connectivity index (χ3n) is 4.98. The molecule has 12 heteroatoms. The van der Waals surface area contributed by atoms with E-state index in [0.29, 0.717) is 47.0 Å². The molecule has 0 amide bonds. The van der Waals surface area contributed by atoms with E-state index < -0.39 is 10.0 Å². The molecule has 0 spiro atoms. The van der Waals surface area contributed by atoms with Gasteiger partial charge in [0.25, 0.3) is 10.0 Å². The largest absolute Gasteiger partial charge is 0.328 e. The molecule has 0 saturated heterocycles. The highest BCUT2D eigenvalue weighted by atomic mass is 32.2. The molecule has 0 bridgehead atoms. The zero-order valence-corrected chi connectivity index (χ0v) is 18.3. The Labute approximate surface area is 189 Å². The number of aliphatic imine (C=N–C) groups is 1. The predicted octanol–water partition coefficient (Wildman–Crippen LogP) is 1.13. The van der Waals surface area contributed by atoms with Crippen LogP contribution in [-0.4, -0.2) is 54.2 Å². The Hall–Kier alpha value is -4.11. The maximum atomic E-state index is 12.5. The first-order chi connectivity index (χ1) is 15.9. The maximum Gasteiger partial charge on any atom is 0.256 e. The van der Waals surface area contributed by atoms with Gasteiger partial charge >= 0.3 is 0 Å². The lowest BCUT2D eigenvalue weighted by atomic mass is 10.1. The van der Waals surface area contributed by atoms with Crippen LogP contribution >= 0.6 is 0 Å². The van der Waals surface area contributed by atoms with Gasteiger partial charge in [0.15, 0.2) is 11.6 Å². The Morgan fingerprint density at radius 3 is 2.73 bits per heavy atom. The zero-order valence-electron chi connectivity index (χ0n) is 17.5. The summed E-state index contributed by atoms with van der Waals surface area (Å²) in [5.74, 6) is 6.71. The third-order valence-corrected chi connectivity index (χ3v) is 7.01. The van der Waals surface area contributed by atoms with Crippen LogP contribution in [0.5, 0.6) is 0 Å². The van der Waals surface area contributed by atoms with Crippen molar-refractivity contribution in [2.24, 2.45) is 12.0 Å². The number of hydrogen-bond donors (Lipinski definition) is 1. The Balaban J connectivity index is 1.32. The number of aromatic nitrogens is 6. The number of nitrogens with zero attached hydrogens (tertiary/aromatic N) is 7. The SMILES string of the molecule is Cn1cc(C#CC2=CN=C(Nc3ccnc(-c4cnn(S(=O)(=O)C5CC5)c4)n3)CC2=O)cn1. The number of hydrogen-bond acceptors (Lipinski definition) is 9. The minimum Gasteiger partial charge on any atom is -0.328 e. The average molecular weight is 462 g/mol. The molecule has 33 heavy (non-hydrogen) atoms. The molecule has 4 heterocycles. The smallest absolute Gasteiger partial charge is 0.256 e. The van der Waals surface area contributed by atoms with E-state index in [2.05, 4.69) is 42.3 Å². The van der Waals surface area contributed by atoms with Crippen LogP contribution in [0.1, 0.15) is 24.8 Å². The van der Waals surface area contributed by atoms with Gasteiger partial charge in [-0.3, -0.25) is 9.48 Å². The van der Waals surface area contributed by atoms with E-state index in [0.717, 1.165) is 4.09 Å². The first kappa shape index (κ1) is 20.8. The second-order valence-corrected chi connectivity index (χ2v) is 9.68. The summed E-state index contributed by atoms with van der Waals surface area (Å²) in [6, 6.07) is 1.63. The topological polar surface area (TPSA) is 137 Å². The molecule has 1 fully saturated rings. The van der Waals surface area contributed by atoms with Gasteiger partial charge in [0, 0.05) is 25.6 Å². The molecule has 166 valence electrons. The maximum absolute atomic E-state index is 12.5. The lowest BCUT2D eigenvalue weighted by Gasteiger charge is -2.11. The van der Waals surface area contributed by atoms with Gasteiger partial charge < -0.3 is 5.32 Å². The summed E-state index contributed by atoms with van der Waals surface area (Å²) in [6.07, 6.45) is 10.5. The van der Waals surface area contributed by atoms with Crippen LogP contribution in [0.3, 0.4) is 0 Å². The molecule has 0 unspecified atom stereocenters. The Morgan fingerprint density at radius 2 is 2.00 bits per heavy atom. The highest BCUT2D eigenvalue weighted by Crippen LogP contribution is 2.30. The van der Waals surface area contributed by atoms with E-state index in [1.165, 1.54) is 24.8 Å². The van der Waals surface area contributed by atoms with Crippen molar-refractivity contribution in [3.63, 3.8) is 0 Å². The van der Waals surface area contributed by atoms with Crippen molar-refractivity contribution in [3.8, 4) is 23.2 Å². The van der Waals surface area contributed by atoms with E-state index in [1.54, 1.807) is 30.2 Å². The molecule has 0 aromatic carbocycles. The van der Waals surface area contributed by atoms with Crippen LogP contribution in [0.2, 0.25) is 0 Å². The van der Waals surface area contributed by atoms with Gasteiger partial charge in [0.2, 0.25) is 0 Å². The summed E-state index contributed by atoms with van der Waals surface area (Å²) in [7, 11) is -1.67. The minimum atomic E-state index is -3.46. The Bertz CT molecular complexity index is 1480. The molecule has 0 atom stereocenters. The highest BCUT2D eigenvalue weighted by Gasteiger charge is 2.37. The van der Waals surface area contributed by atoms with Crippen molar-refractivity contribution >= 4 is 27.5 Å². The number of anilines is 1. The standard InChI is InChI=1S/C21H18N8O3S/c1-28-12-14(9-24-28)2-3-15-10-23-20(8-18(15)30)26-19-6-7-22-21(27-19)16-11-25-29(13-16)33(31,32)17-4-5-17/h6-7,9-13,17H,4-5,8H2,1H3,(H,22,23,26,27). The minimum absolute atomic E-state index is 0.0461. The molecule has 3 aromatic heterocycles. The molecule has 3 aromatic rings. The molecular weight excluding hydrogens is 444 g/mol. The van der Waals surface area contributed by atoms with Gasteiger partial charge in [-0.05, 0) is 18.9 Å². The van der Waals surface area contributed by atoms with Gasteiger partial charge in [-0.15, -0.1) is 0 Å². The molecule has 1 saturated carbocycles. The molecule has 0 radical (unpaired) electrons. The molecule has 5 rings (SSSR count). The van der Waals surface area contributed by atoms with Crippen molar-refractivity contribution < 1.29 is 13.2 Å². The van der Waals surface area contributed by atoms with Crippen molar-refractivity contribution in [3.05, 3.63) is 54.4 Å². The van der Waals surface area contributed by atoms with Crippen LogP contribution < -0.4 is 5.32 Å². The predicted molar refractivity (Wildman–Crippen MR) is 119 cm³/mol. The lowest BCUT2D eigenvalue weighted by Crippen LogP contribution is -2.21. The summed E-state index contributed by atoms with van der Waals surface area (Å²) < 4.78 is 27.3. The van der Waals surface area contributed by atoms with Crippen molar-refractivity contribution in [2.75, 3.05) is 5.32 Å². The van der Waals surface area contributed by atoms with Crippen LogP contribution in [0.25, 0.3) is 11.4 Å². The van der Waals surface area contributed by atoms with Gasteiger partial charge in [0.1, 0.15) is 11.7 Å². The number of rotatable bonds is 4. The van der Waals surface area contributed by atoms with E-state index in [9.17, 15) is 13.2 Å². The first-order valence-electron chi connectivity index (χ1n) is 10.1. The van der Waals surface area contributed by atoms with E-state index in [1.807, 2.05) is 0 Å². The number of aryl methyl sites for hydroxylation is 1. The van der Waals surface area contributed by atoms with Gasteiger partial charge in [-0.1, -0.05) is 11.8 Å². The first-order valence-corrected chi connectivity index (χ1v) is 11.6. The van der Waals surface area contributed by atoms with Crippen molar-refractivity contribution in [1.29, 1.82) is 0 Å². The van der Waals surface area contributed by atoms with Crippen molar-refractivity contribution in [1.82, 2.24) is 28.9 Å². The number of ketones is 1. The molecule has 11 nitrogen and oxygen atoms in total. The average Bonchev–Trinajstić information content (AvgIpc) is 3.39. The molecule has 1 N–H and O–H groups in total. The van der Waals surface area contributed by atoms with Crippen molar-refractivity contribution in [2.45, 2.75) is 24.5 Å². The summed E-state index contributed by atoms with van der Waals surface area (Å²) in [5.41, 5.74) is 1.50. The Kier molecular flexibility index (Phi) is 5.10. The van der Waals surface area contributed by atoms with Gasteiger partial charge in [-0.25, -0.2) is 23.4 Å². The fourth-order valence-corrected chi connectivity index (χ4v) is 4.58. The van der Waals surface area contributed by atoms with E-state index >= 15 is 0 Å². The van der Waals surface area contributed by atoms with Crippen LogP contribution in [0, 0.1) is 11.8 Å². The van der Waals surface area contributed by atoms with E-state index in [4.69, 9.17) is 0 Å². The summed E-state index contributed by atoms with van der Waals surface area (Å²) in [6.45, 7) is 0. The quantitative estimate of drug-likeness (QED) is 0.570. The highest BCUT2D eigenvalue weighted by molar-refractivity contribution is 7.90. The fourth-order valence-electron chi connectivity index (χ4n) is 3.10. The second-order valence-electron chi connectivity index (χ2n) is 7.61. The number of carbonyl (C=O) groups excluding carboxylic acids is 1. The number of amidine groups is 1. The number of nitrogens with one attached hydrogen (secondary N) is 1. The molecule has 1 aliphatic heterocycles. The monoisotopic (exact) mass is 462 g/mol. The summed E-state index contributed by atoms with van der Waals surface area (Å²) in [5, 5.41) is 10.6. The zero-order chi connectivity index (χ0) is 23.0. The summed E-state index contributed by atoms with van der Waals surface area (Å²) >= 11 is 0. The summed E-state index contributed by atoms with van der Waals surface area (Å²) in [4.78, 5) is 25.3. The van der Waals surface area contributed by atoms with Crippen LogP contribution in [-0.2, 0) is 21.9 Å². The molecule has 2 aliphatic rings. The lowest BCUT2D eigenvalue weighted by molar-refractivity contribution is -0.114. The second kappa shape index (κ2) is 8.10. The normalized spacial score (nSPS) is 16.0. The fraction of sp³-hybridized carbons (Fsp3) is 0.238.